The number of piperidine rings is 1. The van der Waals surface area contributed by atoms with Gasteiger partial charge >= 0.3 is 5.97 Å². The summed E-state index contributed by atoms with van der Waals surface area (Å²) >= 11 is 0. The molecule has 1 aromatic carbocycles. The molecule has 1 N–H and O–H groups in total. The SMILES string of the molecule is COC(=O)c1ccccc1NC(=O)C1CCN(CCC#N)CC1. The Balaban J connectivity index is 1.94. The fraction of sp³-hybridized carbons (Fsp3) is 0.471. The van der Waals surface area contributed by atoms with Crippen molar-refractivity contribution in [3.8, 4) is 6.07 Å². The van der Waals surface area contributed by atoms with E-state index < -0.39 is 5.97 Å². The lowest BCUT2D eigenvalue weighted by Gasteiger charge is -2.30. The molecule has 1 aliphatic heterocycles. The normalized spacial score (nSPS) is 15.7. The molecule has 1 aliphatic rings. The number of amides is 1. The minimum Gasteiger partial charge on any atom is -0.465 e. The molecular formula is C17H21N3O3. The highest BCUT2D eigenvalue weighted by Gasteiger charge is 2.25. The van der Waals surface area contributed by atoms with Crippen LogP contribution in [-0.2, 0) is 9.53 Å². The van der Waals surface area contributed by atoms with Gasteiger partial charge in [-0.25, -0.2) is 4.79 Å². The number of carbonyl (C=O) groups excluding carboxylic acids is 2. The lowest BCUT2D eigenvalue weighted by atomic mass is 9.95. The van der Waals surface area contributed by atoms with Gasteiger partial charge in [-0.15, -0.1) is 0 Å². The van der Waals surface area contributed by atoms with Crippen molar-refractivity contribution in [2.24, 2.45) is 5.92 Å². The summed E-state index contributed by atoms with van der Waals surface area (Å²) in [6.07, 6.45) is 2.04. The average Bonchev–Trinajstić information content (AvgIpc) is 2.60. The van der Waals surface area contributed by atoms with Crippen LogP contribution >= 0.6 is 0 Å². The van der Waals surface area contributed by atoms with Crippen LogP contribution < -0.4 is 5.32 Å². The van der Waals surface area contributed by atoms with Gasteiger partial charge in [0.1, 0.15) is 0 Å². The zero-order chi connectivity index (χ0) is 16.7. The Kier molecular flexibility index (Phi) is 6.12. The molecule has 6 nitrogen and oxygen atoms in total. The third-order valence-corrected chi connectivity index (χ3v) is 4.09. The summed E-state index contributed by atoms with van der Waals surface area (Å²) in [5.74, 6) is -0.604. The van der Waals surface area contributed by atoms with Gasteiger partial charge in [-0.2, -0.15) is 5.26 Å². The third kappa shape index (κ3) is 4.54. The highest BCUT2D eigenvalue weighted by atomic mass is 16.5. The Labute approximate surface area is 136 Å². The second kappa shape index (κ2) is 8.30. The van der Waals surface area contributed by atoms with Gasteiger partial charge in [0.2, 0.25) is 5.91 Å². The number of hydrogen-bond donors (Lipinski definition) is 1. The van der Waals surface area contributed by atoms with Crippen LogP contribution in [0.2, 0.25) is 0 Å². The van der Waals surface area contributed by atoms with Crippen LogP contribution in [0.3, 0.4) is 0 Å². The number of methoxy groups -OCH3 is 1. The molecule has 1 amide bonds. The zero-order valence-electron chi connectivity index (χ0n) is 13.2. The molecule has 0 bridgehead atoms. The van der Waals surface area contributed by atoms with Gasteiger partial charge in [-0.3, -0.25) is 4.79 Å². The number of anilines is 1. The molecule has 0 saturated carbocycles. The minimum absolute atomic E-state index is 0.0683. The van der Waals surface area contributed by atoms with Crippen LogP contribution in [0.15, 0.2) is 24.3 Å². The highest BCUT2D eigenvalue weighted by Crippen LogP contribution is 2.22. The van der Waals surface area contributed by atoms with Crippen molar-refractivity contribution in [1.82, 2.24) is 4.90 Å². The van der Waals surface area contributed by atoms with Gasteiger partial charge in [-0.05, 0) is 38.1 Å². The van der Waals surface area contributed by atoms with E-state index in [-0.39, 0.29) is 11.8 Å². The van der Waals surface area contributed by atoms with Crippen molar-refractivity contribution in [2.45, 2.75) is 19.3 Å². The Morgan fingerprint density at radius 2 is 2.04 bits per heavy atom. The van der Waals surface area contributed by atoms with E-state index in [4.69, 9.17) is 10.00 Å². The van der Waals surface area contributed by atoms with Gasteiger partial charge in [0.05, 0.1) is 24.4 Å². The zero-order valence-corrected chi connectivity index (χ0v) is 13.2. The molecule has 23 heavy (non-hydrogen) atoms. The summed E-state index contributed by atoms with van der Waals surface area (Å²) < 4.78 is 4.73. The van der Waals surface area contributed by atoms with Gasteiger partial charge in [0, 0.05) is 18.9 Å². The third-order valence-electron chi connectivity index (χ3n) is 4.09. The first-order valence-electron chi connectivity index (χ1n) is 7.73. The second-order valence-corrected chi connectivity index (χ2v) is 5.55. The average molecular weight is 315 g/mol. The van der Waals surface area contributed by atoms with Crippen LogP contribution in [0.1, 0.15) is 29.6 Å². The summed E-state index contributed by atoms with van der Waals surface area (Å²) in [5, 5.41) is 11.5. The standard InChI is InChI=1S/C17H21N3O3/c1-23-17(22)14-5-2-3-6-15(14)19-16(21)13-7-11-20(12-8-13)10-4-9-18/h2-3,5-6,13H,4,7-8,10-12H2,1H3,(H,19,21). The van der Waals surface area contributed by atoms with Crippen molar-refractivity contribution in [1.29, 1.82) is 5.26 Å². The number of benzene rings is 1. The number of para-hydroxylation sites is 1. The Bertz CT molecular complexity index is 601. The molecule has 6 heteroatoms. The van der Waals surface area contributed by atoms with E-state index in [0.717, 1.165) is 32.5 Å². The molecule has 0 unspecified atom stereocenters. The summed E-state index contributed by atoms with van der Waals surface area (Å²) in [7, 11) is 1.32. The molecule has 1 fully saturated rings. The van der Waals surface area contributed by atoms with Crippen LogP contribution in [-0.4, -0.2) is 43.5 Å². The van der Waals surface area contributed by atoms with E-state index in [2.05, 4.69) is 16.3 Å². The number of hydrogen-bond acceptors (Lipinski definition) is 5. The van der Waals surface area contributed by atoms with E-state index in [1.807, 2.05) is 0 Å². The van der Waals surface area contributed by atoms with E-state index in [0.29, 0.717) is 17.7 Å². The van der Waals surface area contributed by atoms with Crippen molar-refractivity contribution in [2.75, 3.05) is 32.1 Å². The summed E-state index contributed by atoms with van der Waals surface area (Å²) in [6.45, 7) is 2.40. The molecular weight excluding hydrogens is 294 g/mol. The van der Waals surface area contributed by atoms with Crippen molar-refractivity contribution < 1.29 is 14.3 Å². The van der Waals surface area contributed by atoms with Gasteiger partial charge in [-0.1, -0.05) is 12.1 Å². The van der Waals surface area contributed by atoms with E-state index >= 15 is 0 Å². The molecule has 0 aliphatic carbocycles. The second-order valence-electron chi connectivity index (χ2n) is 5.55. The number of carbonyl (C=O) groups is 2. The lowest BCUT2D eigenvalue weighted by molar-refractivity contribution is -0.121. The predicted octanol–water partition coefficient (Wildman–Crippen LogP) is 2.04. The molecule has 1 heterocycles. The predicted molar refractivity (Wildman–Crippen MR) is 85.8 cm³/mol. The number of esters is 1. The monoisotopic (exact) mass is 315 g/mol. The van der Waals surface area contributed by atoms with Crippen LogP contribution in [0.25, 0.3) is 0 Å². The lowest BCUT2D eigenvalue weighted by Crippen LogP contribution is -2.38. The van der Waals surface area contributed by atoms with Gasteiger partial charge < -0.3 is 15.0 Å². The smallest absolute Gasteiger partial charge is 0.339 e. The van der Waals surface area contributed by atoms with E-state index in [1.54, 1.807) is 24.3 Å². The van der Waals surface area contributed by atoms with E-state index in [1.165, 1.54) is 7.11 Å². The molecule has 0 aromatic heterocycles. The van der Waals surface area contributed by atoms with Crippen molar-refractivity contribution in [3.63, 3.8) is 0 Å². The Morgan fingerprint density at radius 3 is 2.70 bits per heavy atom. The fourth-order valence-electron chi connectivity index (χ4n) is 2.74. The van der Waals surface area contributed by atoms with E-state index in [9.17, 15) is 9.59 Å². The quantitative estimate of drug-likeness (QED) is 0.841. The first kappa shape index (κ1) is 17.0. The molecule has 1 saturated heterocycles. The number of ether oxygens (including phenoxy) is 1. The number of rotatable bonds is 5. The maximum absolute atomic E-state index is 12.4. The molecule has 0 atom stereocenters. The van der Waals surface area contributed by atoms with Gasteiger partial charge in [0.25, 0.3) is 0 Å². The topological polar surface area (TPSA) is 82.4 Å². The Hall–Kier alpha value is -2.39. The number of nitrogens with one attached hydrogen (secondary N) is 1. The highest BCUT2D eigenvalue weighted by molar-refractivity contribution is 6.01. The number of nitriles is 1. The Morgan fingerprint density at radius 1 is 1.35 bits per heavy atom. The number of likely N-dealkylation sites (tertiary alicyclic amines) is 1. The van der Waals surface area contributed by atoms with Crippen molar-refractivity contribution in [3.05, 3.63) is 29.8 Å². The first-order valence-corrected chi connectivity index (χ1v) is 7.73. The van der Waals surface area contributed by atoms with Crippen molar-refractivity contribution >= 4 is 17.6 Å². The van der Waals surface area contributed by atoms with Crippen LogP contribution in [0, 0.1) is 17.2 Å². The van der Waals surface area contributed by atoms with Gasteiger partial charge in [0.15, 0.2) is 0 Å². The molecule has 1 aromatic rings. The minimum atomic E-state index is -0.466. The van der Waals surface area contributed by atoms with Crippen LogP contribution in [0.4, 0.5) is 5.69 Å². The first-order chi connectivity index (χ1) is 11.2. The largest absolute Gasteiger partial charge is 0.465 e. The summed E-state index contributed by atoms with van der Waals surface area (Å²) in [5.41, 5.74) is 0.839. The molecule has 122 valence electrons. The number of nitrogens with zero attached hydrogens (tertiary/aromatic N) is 2. The fourth-order valence-corrected chi connectivity index (χ4v) is 2.74. The molecule has 0 spiro atoms. The van der Waals surface area contributed by atoms with Crippen LogP contribution in [0.5, 0.6) is 0 Å². The molecule has 2 rings (SSSR count). The maximum atomic E-state index is 12.4. The molecule has 0 radical (unpaired) electrons. The summed E-state index contributed by atoms with van der Waals surface area (Å²) in [6, 6.07) is 8.97. The maximum Gasteiger partial charge on any atom is 0.339 e. The summed E-state index contributed by atoms with van der Waals surface area (Å²) in [4.78, 5) is 26.3.